The Morgan fingerprint density at radius 1 is 1.19 bits per heavy atom. The molecule has 0 heterocycles. The summed E-state index contributed by atoms with van der Waals surface area (Å²) in [6, 6.07) is 13.9. The van der Waals surface area contributed by atoms with Gasteiger partial charge in [0.25, 0.3) is 5.91 Å². The van der Waals surface area contributed by atoms with Crippen molar-refractivity contribution in [1.82, 2.24) is 10.9 Å². The second-order valence-electron chi connectivity index (χ2n) is 5.60. The lowest BCUT2D eigenvalue weighted by molar-refractivity contribution is -0.120. The third kappa shape index (κ3) is 5.73. The first-order chi connectivity index (χ1) is 12.7. The highest BCUT2D eigenvalue weighted by Gasteiger charge is 2.23. The van der Waals surface area contributed by atoms with Crippen LogP contribution in [0.5, 0.6) is 5.75 Å². The van der Waals surface area contributed by atoms with Crippen LogP contribution in [0.1, 0.15) is 5.56 Å². The molecule has 2 N–H and O–H groups in total. The molecule has 0 aliphatic rings. The minimum Gasteiger partial charge on any atom is -0.495 e. The van der Waals surface area contributed by atoms with Crippen LogP contribution in [0.25, 0.3) is 5.70 Å². The van der Waals surface area contributed by atoms with Crippen molar-refractivity contribution < 1.29 is 17.9 Å². The first-order valence-corrected chi connectivity index (χ1v) is 10.5. The molecule has 27 heavy (non-hydrogen) atoms. The minimum atomic E-state index is -3.71. The fraction of sp³-hybridized carbons (Fsp3) is 0.167. The molecular formula is C18H20BrN3O4S. The molecule has 0 bridgehead atoms. The number of anilines is 1. The average molecular weight is 454 g/mol. The van der Waals surface area contributed by atoms with Crippen molar-refractivity contribution in [2.45, 2.75) is 0 Å². The van der Waals surface area contributed by atoms with E-state index >= 15 is 0 Å². The molecule has 2 rings (SSSR count). The topological polar surface area (TPSA) is 87.7 Å². The third-order valence-corrected chi connectivity index (χ3v) is 5.19. The number of hydrazine groups is 1. The third-order valence-electron chi connectivity index (χ3n) is 3.57. The Labute approximate surface area is 167 Å². The van der Waals surface area contributed by atoms with Crippen molar-refractivity contribution in [3.63, 3.8) is 0 Å². The molecule has 0 fully saturated rings. The zero-order chi connectivity index (χ0) is 20.0. The predicted octanol–water partition coefficient (Wildman–Crippen LogP) is 2.52. The Kier molecular flexibility index (Phi) is 6.86. The maximum atomic E-state index is 12.3. The summed E-state index contributed by atoms with van der Waals surface area (Å²) >= 11 is 3.36. The van der Waals surface area contributed by atoms with Gasteiger partial charge in [-0.2, -0.15) is 0 Å². The standard InChI is InChI=1S/C18H20BrN3O4S/c1-13(14-7-6-8-15(19)11-14)20-21-18(23)12-22(27(3,24)25)16-9-4-5-10-17(16)26-2/h4-11,20H,1,12H2,2-3H3,(H,21,23). The van der Waals surface area contributed by atoms with Gasteiger partial charge in [0.15, 0.2) is 0 Å². The summed E-state index contributed by atoms with van der Waals surface area (Å²) in [6.07, 6.45) is 1.03. The molecule has 0 saturated heterocycles. The van der Waals surface area contributed by atoms with Crippen molar-refractivity contribution in [3.05, 3.63) is 65.1 Å². The Morgan fingerprint density at radius 3 is 2.52 bits per heavy atom. The number of ether oxygens (including phenoxy) is 1. The largest absolute Gasteiger partial charge is 0.495 e. The van der Waals surface area contributed by atoms with Gasteiger partial charge in [-0.3, -0.25) is 20.0 Å². The van der Waals surface area contributed by atoms with Crippen LogP contribution in [0, 0.1) is 0 Å². The molecule has 2 aromatic carbocycles. The SMILES string of the molecule is C=C(NNC(=O)CN(c1ccccc1OC)S(C)(=O)=O)c1cccc(Br)c1. The van der Waals surface area contributed by atoms with Gasteiger partial charge in [0.1, 0.15) is 12.3 Å². The lowest BCUT2D eigenvalue weighted by atomic mass is 10.2. The number of rotatable bonds is 8. The Balaban J connectivity index is 2.10. The first-order valence-electron chi connectivity index (χ1n) is 7.83. The number of nitrogens with zero attached hydrogens (tertiary/aromatic N) is 1. The molecule has 0 saturated carbocycles. The van der Waals surface area contributed by atoms with E-state index in [9.17, 15) is 13.2 Å². The highest BCUT2D eigenvalue weighted by molar-refractivity contribution is 9.10. The first kappa shape index (κ1) is 20.8. The maximum Gasteiger partial charge on any atom is 0.259 e. The molecule has 2 aromatic rings. The molecular weight excluding hydrogens is 434 g/mol. The number of benzene rings is 2. The van der Waals surface area contributed by atoms with Gasteiger partial charge in [-0.05, 0) is 29.8 Å². The van der Waals surface area contributed by atoms with Crippen LogP contribution in [-0.4, -0.2) is 34.2 Å². The van der Waals surface area contributed by atoms with Crippen molar-refractivity contribution in [2.24, 2.45) is 0 Å². The van der Waals surface area contributed by atoms with Crippen LogP contribution >= 0.6 is 15.9 Å². The quantitative estimate of drug-likeness (QED) is 0.599. The van der Waals surface area contributed by atoms with E-state index in [0.717, 1.165) is 20.6 Å². The van der Waals surface area contributed by atoms with Crippen molar-refractivity contribution in [3.8, 4) is 5.75 Å². The fourth-order valence-electron chi connectivity index (χ4n) is 2.28. The number of carbonyl (C=O) groups is 1. The van der Waals surface area contributed by atoms with E-state index in [4.69, 9.17) is 4.74 Å². The Bertz CT molecular complexity index is 947. The maximum absolute atomic E-state index is 12.3. The van der Waals surface area contributed by atoms with E-state index in [1.54, 1.807) is 24.3 Å². The summed E-state index contributed by atoms with van der Waals surface area (Å²) in [5.74, 6) is -0.204. The molecule has 0 aromatic heterocycles. The van der Waals surface area contributed by atoms with Crippen LogP contribution in [-0.2, 0) is 14.8 Å². The minimum absolute atomic E-state index is 0.281. The van der Waals surface area contributed by atoms with E-state index in [1.165, 1.54) is 7.11 Å². The molecule has 0 atom stereocenters. The molecule has 0 aliphatic heterocycles. The van der Waals surface area contributed by atoms with Crippen molar-refractivity contribution in [2.75, 3.05) is 24.2 Å². The molecule has 0 spiro atoms. The zero-order valence-corrected chi connectivity index (χ0v) is 17.3. The number of para-hydroxylation sites is 2. The fourth-order valence-corrected chi connectivity index (χ4v) is 3.54. The summed E-state index contributed by atoms with van der Waals surface area (Å²) in [4.78, 5) is 12.3. The number of nitrogens with one attached hydrogen (secondary N) is 2. The normalized spacial score (nSPS) is 10.8. The molecule has 144 valence electrons. The number of sulfonamides is 1. The van der Waals surface area contributed by atoms with Gasteiger partial charge in [-0.1, -0.05) is 46.8 Å². The van der Waals surface area contributed by atoms with E-state index in [1.807, 2.05) is 24.3 Å². The number of hydrogen-bond donors (Lipinski definition) is 2. The number of amides is 1. The van der Waals surface area contributed by atoms with Gasteiger partial charge in [-0.15, -0.1) is 0 Å². The molecule has 1 amide bonds. The Morgan fingerprint density at radius 2 is 1.89 bits per heavy atom. The van der Waals surface area contributed by atoms with Gasteiger partial charge < -0.3 is 4.74 Å². The summed E-state index contributed by atoms with van der Waals surface area (Å²) < 4.78 is 31.4. The number of methoxy groups -OCH3 is 1. The van der Waals surface area contributed by atoms with Gasteiger partial charge in [0.2, 0.25) is 10.0 Å². The van der Waals surface area contributed by atoms with E-state index < -0.39 is 22.5 Å². The molecule has 7 nitrogen and oxygen atoms in total. The molecule has 0 aliphatic carbocycles. The number of carbonyl (C=O) groups excluding carboxylic acids is 1. The lowest BCUT2D eigenvalue weighted by Gasteiger charge is -2.24. The monoisotopic (exact) mass is 453 g/mol. The van der Waals surface area contributed by atoms with Crippen LogP contribution in [0.3, 0.4) is 0 Å². The second-order valence-corrected chi connectivity index (χ2v) is 8.43. The number of halogens is 1. The zero-order valence-electron chi connectivity index (χ0n) is 14.9. The molecule has 0 unspecified atom stereocenters. The summed E-state index contributed by atoms with van der Waals surface area (Å²) in [6.45, 7) is 3.43. The average Bonchev–Trinajstić information content (AvgIpc) is 2.63. The van der Waals surface area contributed by atoms with Gasteiger partial charge in [-0.25, -0.2) is 8.42 Å². The van der Waals surface area contributed by atoms with Gasteiger partial charge in [0.05, 0.1) is 24.7 Å². The van der Waals surface area contributed by atoms with Gasteiger partial charge >= 0.3 is 0 Å². The highest BCUT2D eigenvalue weighted by atomic mass is 79.9. The lowest BCUT2D eigenvalue weighted by Crippen LogP contribution is -2.45. The van der Waals surface area contributed by atoms with E-state index in [0.29, 0.717) is 11.4 Å². The summed E-state index contributed by atoms with van der Waals surface area (Å²) in [7, 11) is -2.27. The highest BCUT2D eigenvalue weighted by Crippen LogP contribution is 2.29. The summed E-state index contributed by atoms with van der Waals surface area (Å²) in [5, 5.41) is 0. The van der Waals surface area contributed by atoms with Gasteiger partial charge in [0, 0.05) is 4.47 Å². The van der Waals surface area contributed by atoms with Crippen LogP contribution < -0.4 is 19.9 Å². The molecule has 0 radical (unpaired) electrons. The van der Waals surface area contributed by atoms with Crippen LogP contribution in [0.4, 0.5) is 5.69 Å². The molecule has 9 heteroatoms. The van der Waals surface area contributed by atoms with Crippen molar-refractivity contribution in [1.29, 1.82) is 0 Å². The number of hydrogen-bond acceptors (Lipinski definition) is 5. The smallest absolute Gasteiger partial charge is 0.259 e. The van der Waals surface area contributed by atoms with Crippen LogP contribution in [0.2, 0.25) is 0 Å². The van der Waals surface area contributed by atoms with E-state index in [-0.39, 0.29) is 5.69 Å². The Hall–Kier alpha value is -2.52. The van der Waals surface area contributed by atoms with Crippen LogP contribution in [0.15, 0.2) is 59.6 Å². The van der Waals surface area contributed by atoms with Crippen molar-refractivity contribution >= 4 is 43.2 Å². The second kappa shape index (κ2) is 8.92. The summed E-state index contributed by atoms with van der Waals surface area (Å²) in [5.41, 5.74) is 6.67. The van der Waals surface area contributed by atoms with E-state index in [2.05, 4.69) is 33.4 Å². The predicted molar refractivity (Wildman–Crippen MR) is 110 cm³/mol.